The highest BCUT2D eigenvalue weighted by Gasteiger charge is 2.27. The molecule has 0 unspecified atom stereocenters. The average Bonchev–Trinajstić information content (AvgIpc) is 2.72. The van der Waals surface area contributed by atoms with Crippen LogP contribution in [0.3, 0.4) is 0 Å². The van der Waals surface area contributed by atoms with E-state index in [1.807, 2.05) is 0 Å². The number of hydrogen-bond acceptors (Lipinski definition) is 5. The predicted octanol–water partition coefficient (Wildman–Crippen LogP) is 1.89. The molecule has 1 aromatic heterocycles. The average molecular weight is 254 g/mol. The summed E-state index contributed by atoms with van der Waals surface area (Å²) in [5.41, 5.74) is 0. The predicted molar refractivity (Wildman–Crippen MR) is 68.3 cm³/mol. The van der Waals surface area contributed by atoms with Gasteiger partial charge in [0.05, 0.1) is 0 Å². The summed E-state index contributed by atoms with van der Waals surface area (Å²) in [5.74, 6) is 0.639. The van der Waals surface area contributed by atoms with Crippen LogP contribution in [-0.4, -0.2) is 28.7 Å². The summed E-state index contributed by atoms with van der Waals surface area (Å²) < 4.78 is 0. The molecule has 1 aromatic rings. The molecule has 17 heavy (non-hydrogen) atoms. The van der Waals surface area contributed by atoms with Crippen molar-refractivity contribution in [3.8, 4) is 0 Å². The number of rotatable bonds is 5. The molecule has 6 heteroatoms. The Morgan fingerprint density at radius 3 is 2.88 bits per heavy atom. The molecule has 2 N–H and O–H groups in total. The SMILES string of the molecule is CCCNc1nnc(C(=O)NC2CC(C)C2)s1. The molecule has 0 radical (unpaired) electrons. The Hall–Kier alpha value is -1.17. The van der Waals surface area contributed by atoms with Crippen LogP contribution in [0.4, 0.5) is 5.13 Å². The van der Waals surface area contributed by atoms with Crippen molar-refractivity contribution < 1.29 is 4.79 Å². The Morgan fingerprint density at radius 2 is 2.24 bits per heavy atom. The lowest BCUT2D eigenvalue weighted by atomic mass is 9.82. The molecule has 1 aliphatic rings. The molecule has 0 atom stereocenters. The largest absolute Gasteiger partial charge is 0.360 e. The molecule has 0 spiro atoms. The highest BCUT2D eigenvalue weighted by atomic mass is 32.1. The minimum atomic E-state index is -0.0936. The highest BCUT2D eigenvalue weighted by molar-refractivity contribution is 7.17. The maximum absolute atomic E-state index is 11.8. The number of nitrogens with one attached hydrogen (secondary N) is 2. The van der Waals surface area contributed by atoms with Gasteiger partial charge in [-0.3, -0.25) is 4.79 Å². The molecule has 1 fully saturated rings. The summed E-state index contributed by atoms with van der Waals surface area (Å²) in [7, 11) is 0. The van der Waals surface area contributed by atoms with Crippen molar-refractivity contribution in [1.29, 1.82) is 0 Å². The smallest absolute Gasteiger partial charge is 0.282 e. The number of carbonyl (C=O) groups excluding carboxylic acids is 1. The van der Waals surface area contributed by atoms with Crippen molar-refractivity contribution in [2.24, 2.45) is 5.92 Å². The van der Waals surface area contributed by atoms with Crippen LogP contribution in [0.2, 0.25) is 0 Å². The monoisotopic (exact) mass is 254 g/mol. The topological polar surface area (TPSA) is 66.9 Å². The van der Waals surface area contributed by atoms with Gasteiger partial charge in [-0.1, -0.05) is 25.2 Å². The van der Waals surface area contributed by atoms with Crippen molar-refractivity contribution in [1.82, 2.24) is 15.5 Å². The van der Waals surface area contributed by atoms with E-state index in [-0.39, 0.29) is 5.91 Å². The van der Waals surface area contributed by atoms with Crippen LogP contribution >= 0.6 is 11.3 Å². The molecule has 0 saturated heterocycles. The van der Waals surface area contributed by atoms with E-state index in [0.717, 1.165) is 36.9 Å². The van der Waals surface area contributed by atoms with Gasteiger partial charge in [0, 0.05) is 12.6 Å². The summed E-state index contributed by atoms with van der Waals surface area (Å²) >= 11 is 1.31. The number of anilines is 1. The first-order valence-electron chi connectivity index (χ1n) is 6.07. The van der Waals surface area contributed by atoms with Gasteiger partial charge in [-0.2, -0.15) is 0 Å². The number of amides is 1. The molecule has 0 aliphatic heterocycles. The summed E-state index contributed by atoms with van der Waals surface area (Å²) in [4.78, 5) is 11.8. The Kier molecular flexibility index (Phi) is 3.93. The third kappa shape index (κ3) is 3.15. The van der Waals surface area contributed by atoms with Gasteiger partial charge in [0.25, 0.3) is 5.91 Å². The number of nitrogens with zero attached hydrogens (tertiary/aromatic N) is 2. The van der Waals surface area contributed by atoms with Gasteiger partial charge in [-0.15, -0.1) is 10.2 Å². The van der Waals surface area contributed by atoms with Gasteiger partial charge in [0.2, 0.25) is 10.1 Å². The first kappa shape index (κ1) is 12.3. The molecule has 94 valence electrons. The fourth-order valence-corrected chi connectivity index (χ4v) is 2.56. The quantitative estimate of drug-likeness (QED) is 0.842. The number of hydrogen-bond donors (Lipinski definition) is 2. The van der Waals surface area contributed by atoms with Crippen molar-refractivity contribution in [3.05, 3.63) is 5.01 Å². The molecule has 2 rings (SSSR count). The molecule has 5 nitrogen and oxygen atoms in total. The fourth-order valence-electron chi connectivity index (χ4n) is 1.89. The van der Waals surface area contributed by atoms with E-state index in [9.17, 15) is 4.79 Å². The normalized spacial score (nSPS) is 22.9. The molecule has 0 bridgehead atoms. The second-order valence-corrected chi connectivity index (χ2v) is 5.56. The summed E-state index contributed by atoms with van der Waals surface area (Å²) in [6.45, 7) is 5.14. The van der Waals surface area contributed by atoms with Crippen LogP contribution in [0.5, 0.6) is 0 Å². The minimum Gasteiger partial charge on any atom is -0.360 e. The van der Waals surface area contributed by atoms with Crippen LogP contribution < -0.4 is 10.6 Å². The van der Waals surface area contributed by atoms with E-state index in [1.165, 1.54) is 11.3 Å². The zero-order chi connectivity index (χ0) is 12.3. The van der Waals surface area contributed by atoms with Crippen molar-refractivity contribution in [2.75, 3.05) is 11.9 Å². The maximum atomic E-state index is 11.8. The summed E-state index contributed by atoms with van der Waals surface area (Å²) in [6.07, 6.45) is 3.18. The fraction of sp³-hybridized carbons (Fsp3) is 0.727. The van der Waals surface area contributed by atoms with Gasteiger partial charge >= 0.3 is 0 Å². The first-order valence-corrected chi connectivity index (χ1v) is 6.89. The van der Waals surface area contributed by atoms with E-state index in [1.54, 1.807) is 0 Å². The first-order chi connectivity index (χ1) is 8.19. The van der Waals surface area contributed by atoms with Gasteiger partial charge < -0.3 is 10.6 Å². The third-order valence-electron chi connectivity index (χ3n) is 2.85. The third-order valence-corrected chi connectivity index (χ3v) is 3.73. The van der Waals surface area contributed by atoms with Crippen LogP contribution in [-0.2, 0) is 0 Å². The van der Waals surface area contributed by atoms with Gasteiger partial charge in [-0.05, 0) is 25.2 Å². The molecule has 1 aliphatic carbocycles. The van der Waals surface area contributed by atoms with Gasteiger partial charge in [0.15, 0.2) is 0 Å². The molecular weight excluding hydrogens is 236 g/mol. The van der Waals surface area contributed by atoms with Crippen LogP contribution in [0.15, 0.2) is 0 Å². The van der Waals surface area contributed by atoms with E-state index in [2.05, 4.69) is 34.7 Å². The molecule has 1 saturated carbocycles. The van der Waals surface area contributed by atoms with Gasteiger partial charge in [0.1, 0.15) is 0 Å². The maximum Gasteiger partial charge on any atom is 0.282 e. The Morgan fingerprint density at radius 1 is 1.47 bits per heavy atom. The number of aromatic nitrogens is 2. The van der Waals surface area contributed by atoms with Gasteiger partial charge in [-0.25, -0.2) is 0 Å². The molecule has 1 amide bonds. The number of carbonyl (C=O) groups is 1. The minimum absolute atomic E-state index is 0.0936. The lowest BCUT2D eigenvalue weighted by molar-refractivity contribution is 0.0895. The van der Waals surface area contributed by atoms with Crippen LogP contribution in [0, 0.1) is 5.92 Å². The second kappa shape index (κ2) is 5.44. The molecule has 0 aromatic carbocycles. The Labute approximate surface area is 105 Å². The molecule has 1 heterocycles. The van der Waals surface area contributed by atoms with E-state index >= 15 is 0 Å². The molecular formula is C11H18N4OS. The summed E-state index contributed by atoms with van der Waals surface area (Å²) in [5, 5.41) is 15.1. The standard InChI is InChI=1S/C11H18N4OS/c1-3-4-12-11-15-14-10(17-11)9(16)13-8-5-7(2)6-8/h7-8H,3-6H2,1-2H3,(H,12,15)(H,13,16). The lowest BCUT2D eigenvalue weighted by Gasteiger charge is -2.32. The van der Waals surface area contributed by atoms with Crippen LogP contribution in [0.1, 0.15) is 42.9 Å². The second-order valence-electron chi connectivity index (χ2n) is 4.59. The Balaban J connectivity index is 1.84. The van der Waals surface area contributed by atoms with E-state index in [0.29, 0.717) is 11.0 Å². The van der Waals surface area contributed by atoms with E-state index in [4.69, 9.17) is 0 Å². The summed E-state index contributed by atoms with van der Waals surface area (Å²) in [6, 6.07) is 0.327. The van der Waals surface area contributed by atoms with E-state index < -0.39 is 0 Å². The van der Waals surface area contributed by atoms with Crippen molar-refractivity contribution in [3.63, 3.8) is 0 Å². The lowest BCUT2D eigenvalue weighted by Crippen LogP contribution is -2.43. The van der Waals surface area contributed by atoms with Crippen molar-refractivity contribution >= 4 is 22.4 Å². The zero-order valence-electron chi connectivity index (χ0n) is 10.2. The zero-order valence-corrected chi connectivity index (χ0v) is 11.0. The highest BCUT2D eigenvalue weighted by Crippen LogP contribution is 2.26. The Bertz CT molecular complexity index is 387. The van der Waals surface area contributed by atoms with Crippen molar-refractivity contribution in [2.45, 2.75) is 39.2 Å². The van der Waals surface area contributed by atoms with Crippen LogP contribution in [0.25, 0.3) is 0 Å².